The van der Waals surface area contributed by atoms with E-state index in [1.54, 1.807) is 12.5 Å². The molecule has 3 aromatic rings. The predicted molar refractivity (Wildman–Crippen MR) is 62.0 cm³/mol. The summed E-state index contributed by atoms with van der Waals surface area (Å²) in [7, 11) is 0. The van der Waals surface area contributed by atoms with E-state index in [-0.39, 0.29) is 0 Å². The van der Waals surface area contributed by atoms with Gasteiger partial charge >= 0.3 is 0 Å². The van der Waals surface area contributed by atoms with Gasteiger partial charge in [0.25, 0.3) is 0 Å². The van der Waals surface area contributed by atoms with Crippen molar-refractivity contribution in [3.8, 4) is 11.3 Å². The number of nitrogens with zero attached hydrogens (tertiary/aromatic N) is 2. The van der Waals surface area contributed by atoms with Crippen molar-refractivity contribution in [2.24, 2.45) is 0 Å². The van der Waals surface area contributed by atoms with Crippen molar-refractivity contribution in [2.75, 3.05) is 0 Å². The summed E-state index contributed by atoms with van der Waals surface area (Å²) in [5.74, 6) is 0. The summed E-state index contributed by atoms with van der Waals surface area (Å²) in [4.78, 5) is 4.56. The van der Waals surface area contributed by atoms with Crippen molar-refractivity contribution < 1.29 is 4.52 Å². The van der Waals surface area contributed by atoms with Gasteiger partial charge in [0.1, 0.15) is 6.26 Å². The number of pyridine rings is 1. The lowest BCUT2D eigenvalue weighted by molar-refractivity contribution is 0.420. The molecule has 3 heteroatoms. The monoisotopic (exact) mass is 210 g/mol. The highest BCUT2D eigenvalue weighted by Crippen LogP contribution is 2.20. The van der Waals surface area contributed by atoms with Crippen LogP contribution in [0.4, 0.5) is 0 Å². The average molecular weight is 210 g/mol. The van der Waals surface area contributed by atoms with Crippen LogP contribution in [0, 0.1) is 6.92 Å². The highest BCUT2D eigenvalue weighted by atomic mass is 16.5. The Morgan fingerprint density at radius 3 is 2.88 bits per heavy atom. The molecule has 3 nitrogen and oxygen atoms in total. The zero-order chi connectivity index (χ0) is 11.0. The van der Waals surface area contributed by atoms with Crippen LogP contribution in [-0.4, -0.2) is 10.1 Å². The molecule has 0 unspecified atom stereocenters. The maximum atomic E-state index is 4.81. The summed E-state index contributed by atoms with van der Waals surface area (Å²) < 4.78 is 4.81. The molecule has 0 saturated heterocycles. The number of aryl methyl sites for hydroxylation is 1. The van der Waals surface area contributed by atoms with Crippen molar-refractivity contribution in [2.45, 2.75) is 6.92 Å². The minimum atomic E-state index is 0.887. The minimum absolute atomic E-state index is 0.887. The standard InChI is InChI=1S/C13H10N2O/c1-9-2-4-12-10(6-9)3-5-13(15-12)11-7-14-16-8-11/h2-8H,1H3. The Balaban J connectivity index is 2.20. The molecule has 2 aromatic heterocycles. The quantitative estimate of drug-likeness (QED) is 0.619. The number of aromatic nitrogens is 2. The van der Waals surface area contributed by atoms with Crippen LogP contribution in [0.2, 0.25) is 0 Å². The lowest BCUT2D eigenvalue weighted by Crippen LogP contribution is -1.84. The van der Waals surface area contributed by atoms with Gasteiger partial charge in [0.05, 0.1) is 23.0 Å². The van der Waals surface area contributed by atoms with Crippen molar-refractivity contribution >= 4 is 10.9 Å². The SMILES string of the molecule is Cc1ccc2nc(-c3cnoc3)ccc2c1. The van der Waals surface area contributed by atoms with Crippen LogP contribution in [0.3, 0.4) is 0 Å². The topological polar surface area (TPSA) is 38.9 Å². The molecule has 0 amide bonds. The molecule has 0 atom stereocenters. The number of benzene rings is 1. The Kier molecular flexibility index (Phi) is 1.96. The Morgan fingerprint density at radius 2 is 2.06 bits per heavy atom. The van der Waals surface area contributed by atoms with E-state index in [9.17, 15) is 0 Å². The van der Waals surface area contributed by atoms with Gasteiger partial charge in [-0.15, -0.1) is 0 Å². The van der Waals surface area contributed by atoms with E-state index in [1.807, 2.05) is 12.1 Å². The third-order valence-corrected chi connectivity index (χ3v) is 2.57. The molecule has 0 spiro atoms. The second-order valence-electron chi connectivity index (χ2n) is 3.81. The summed E-state index contributed by atoms with van der Waals surface area (Å²) in [5, 5.41) is 4.83. The Morgan fingerprint density at radius 1 is 1.12 bits per heavy atom. The van der Waals surface area contributed by atoms with Gasteiger partial charge in [-0.25, -0.2) is 4.98 Å². The summed E-state index contributed by atoms with van der Waals surface area (Å²) in [6, 6.07) is 10.3. The highest BCUT2D eigenvalue weighted by molar-refractivity contribution is 5.81. The molecule has 0 N–H and O–H groups in total. The molecule has 2 heterocycles. The Labute approximate surface area is 92.7 Å². The van der Waals surface area contributed by atoms with E-state index in [2.05, 4.69) is 35.3 Å². The number of hydrogen-bond donors (Lipinski definition) is 0. The molecule has 0 bridgehead atoms. The molecule has 0 radical (unpaired) electrons. The van der Waals surface area contributed by atoms with Crippen LogP contribution < -0.4 is 0 Å². The number of hydrogen-bond acceptors (Lipinski definition) is 3. The van der Waals surface area contributed by atoms with Gasteiger partial charge in [0, 0.05) is 5.39 Å². The Hall–Kier alpha value is -2.16. The molecule has 0 aliphatic rings. The van der Waals surface area contributed by atoms with Gasteiger partial charge in [-0.1, -0.05) is 22.9 Å². The normalized spacial score (nSPS) is 10.8. The van der Waals surface area contributed by atoms with Crippen LogP contribution >= 0.6 is 0 Å². The fourth-order valence-corrected chi connectivity index (χ4v) is 1.74. The molecule has 78 valence electrons. The van der Waals surface area contributed by atoms with E-state index >= 15 is 0 Å². The van der Waals surface area contributed by atoms with Crippen LogP contribution in [0.15, 0.2) is 47.3 Å². The van der Waals surface area contributed by atoms with E-state index in [1.165, 1.54) is 5.56 Å². The average Bonchev–Trinajstić information content (AvgIpc) is 2.82. The van der Waals surface area contributed by atoms with Crippen LogP contribution in [-0.2, 0) is 0 Å². The lowest BCUT2D eigenvalue weighted by Gasteiger charge is -2.01. The first-order valence-corrected chi connectivity index (χ1v) is 5.10. The maximum Gasteiger partial charge on any atom is 0.133 e. The molecule has 0 fully saturated rings. The second kappa shape index (κ2) is 3.45. The predicted octanol–water partition coefficient (Wildman–Crippen LogP) is 3.20. The fraction of sp³-hybridized carbons (Fsp3) is 0.0769. The van der Waals surface area contributed by atoms with Crippen molar-refractivity contribution in [3.05, 3.63) is 48.4 Å². The second-order valence-corrected chi connectivity index (χ2v) is 3.81. The summed E-state index contributed by atoms with van der Waals surface area (Å²) in [6.45, 7) is 2.08. The van der Waals surface area contributed by atoms with Gasteiger partial charge in [0.2, 0.25) is 0 Å². The van der Waals surface area contributed by atoms with Crippen molar-refractivity contribution in [3.63, 3.8) is 0 Å². The van der Waals surface area contributed by atoms with Gasteiger partial charge in [-0.2, -0.15) is 0 Å². The molecular formula is C13H10N2O. The fourth-order valence-electron chi connectivity index (χ4n) is 1.74. The molecule has 3 rings (SSSR count). The van der Waals surface area contributed by atoms with Gasteiger partial charge in [-0.05, 0) is 25.1 Å². The summed E-state index contributed by atoms with van der Waals surface area (Å²) in [6.07, 6.45) is 3.27. The first-order chi connectivity index (χ1) is 7.83. The lowest BCUT2D eigenvalue weighted by atomic mass is 10.1. The minimum Gasteiger partial charge on any atom is -0.364 e. The van der Waals surface area contributed by atoms with Crippen LogP contribution in [0.1, 0.15) is 5.56 Å². The Bertz CT molecular complexity index is 629. The van der Waals surface area contributed by atoms with Crippen LogP contribution in [0.25, 0.3) is 22.2 Å². The molecule has 0 aliphatic heterocycles. The van der Waals surface area contributed by atoms with Gasteiger partial charge in [-0.3, -0.25) is 0 Å². The molecule has 0 saturated carbocycles. The smallest absolute Gasteiger partial charge is 0.133 e. The van der Waals surface area contributed by atoms with E-state index in [0.717, 1.165) is 22.2 Å². The third-order valence-electron chi connectivity index (χ3n) is 2.57. The largest absolute Gasteiger partial charge is 0.364 e. The van der Waals surface area contributed by atoms with Crippen LogP contribution in [0.5, 0.6) is 0 Å². The van der Waals surface area contributed by atoms with E-state index < -0.39 is 0 Å². The molecular weight excluding hydrogens is 200 g/mol. The highest BCUT2D eigenvalue weighted by Gasteiger charge is 2.03. The number of fused-ring (bicyclic) bond motifs is 1. The molecule has 1 aromatic carbocycles. The number of rotatable bonds is 1. The zero-order valence-electron chi connectivity index (χ0n) is 8.84. The molecule has 0 aliphatic carbocycles. The van der Waals surface area contributed by atoms with Crippen molar-refractivity contribution in [1.29, 1.82) is 0 Å². The van der Waals surface area contributed by atoms with Gasteiger partial charge in [0.15, 0.2) is 0 Å². The zero-order valence-corrected chi connectivity index (χ0v) is 8.84. The molecule has 16 heavy (non-hydrogen) atoms. The summed E-state index contributed by atoms with van der Waals surface area (Å²) >= 11 is 0. The maximum absolute atomic E-state index is 4.81. The van der Waals surface area contributed by atoms with E-state index in [0.29, 0.717) is 0 Å². The van der Waals surface area contributed by atoms with Gasteiger partial charge < -0.3 is 4.52 Å². The third kappa shape index (κ3) is 1.46. The van der Waals surface area contributed by atoms with E-state index in [4.69, 9.17) is 4.52 Å². The van der Waals surface area contributed by atoms with Crippen molar-refractivity contribution in [1.82, 2.24) is 10.1 Å². The first-order valence-electron chi connectivity index (χ1n) is 5.10. The summed E-state index contributed by atoms with van der Waals surface area (Å²) in [5.41, 5.74) is 4.02. The first kappa shape index (κ1) is 9.09.